The van der Waals surface area contributed by atoms with Crippen molar-refractivity contribution in [2.45, 2.75) is 39.2 Å². The summed E-state index contributed by atoms with van der Waals surface area (Å²) in [4.78, 5) is 25.9. The zero-order chi connectivity index (χ0) is 19.6. The van der Waals surface area contributed by atoms with Gasteiger partial charge in [0.2, 0.25) is 5.91 Å². The average molecular weight is 391 g/mol. The molecule has 1 aliphatic rings. The Bertz CT molecular complexity index is 923. The van der Waals surface area contributed by atoms with E-state index < -0.39 is 5.82 Å². The number of piperidine rings is 1. The van der Waals surface area contributed by atoms with E-state index in [1.807, 2.05) is 11.5 Å². The molecular weight excluding hydrogens is 369 g/mol. The first-order valence-electron chi connectivity index (χ1n) is 8.92. The molecule has 1 atom stereocenters. The van der Waals surface area contributed by atoms with Gasteiger partial charge >= 0.3 is 0 Å². The van der Waals surface area contributed by atoms with Crippen LogP contribution in [0, 0.1) is 10.6 Å². The number of aromatic amines is 1. The summed E-state index contributed by atoms with van der Waals surface area (Å²) in [5.41, 5.74) is 0.351. The van der Waals surface area contributed by atoms with E-state index in [1.165, 1.54) is 25.1 Å². The summed E-state index contributed by atoms with van der Waals surface area (Å²) in [5.74, 6) is -0.206. The molecule has 1 unspecified atom stereocenters. The molecule has 144 valence electrons. The highest BCUT2D eigenvalue weighted by molar-refractivity contribution is 7.71. The van der Waals surface area contributed by atoms with E-state index in [4.69, 9.17) is 12.2 Å². The number of benzene rings is 1. The van der Waals surface area contributed by atoms with Gasteiger partial charge in [-0.15, -0.1) is 0 Å². The number of amides is 2. The standard InChI is InChI=1S/C18H22FN5O2S/c1-3-24-16(21-22-18(24)27)13-5-4-8-23(10-13)17(26)12-6-7-14(19)15(9-12)20-11(2)25/h6-7,9,13H,3-5,8,10H2,1-2H3,(H,20,25)(H,22,27). The molecule has 2 heterocycles. The van der Waals surface area contributed by atoms with Crippen LogP contribution in [0.3, 0.4) is 0 Å². The zero-order valence-electron chi connectivity index (χ0n) is 15.3. The van der Waals surface area contributed by atoms with Gasteiger partial charge in [0.1, 0.15) is 11.6 Å². The average Bonchev–Trinajstić information content (AvgIpc) is 3.03. The number of likely N-dealkylation sites (tertiary alicyclic amines) is 1. The molecule has 2 aromatic rings. The predicted molar refractivity (Wildman–Crippen MR) is 102 cm³/mol. The van der Waals surface area contributed by atoms with Gasteiger partial charge in [0, 0.05) is 38.0 Å². The molecule has 2 amide bonds. The molecule has 1 fully saturated rings. The maximum atomic E-state index is 13.8. The van der Waals surface area contributed by atoms with Gasteiger partial charge in [0.05, 0.1) is 5.69 Å². The van der Waals surface area contributed by atoms with Crippen molar-refractivity contribution in [1.82, 2.24) is 19.7 Å². The third-order valence-electron chi connectivity index (χ3n) is 4.70. The van der Waals surface area contributed by atoms with Gasteiger partial charge in [-0.3, -0.25) is 14.7 Å². The van der Waals surface area contributed by atoms with Crippen molar-refractivity contribution in [3.8, 4) is 0 Å². The summed E-state index contributed by atoms with van der Waals surface area (Å²) in [6, 6.07) is 4.02. The summed E-state index contributed by atoms with van der Waals surface area (Å²) >= 11 is 5.25. The van der Waals surface area contributed by atoms with Crippen LogP contribution >= 0.6 is 12.2 Å². The van der Waals surface area contributed by atoms with E-state index >= 15 is 0 Å². The maximum Gasteiger partial charge on any atom is 0.253 e. The minimum Gasteiger partial charge on any atom is -0.338 e. The fourth-order valence-electron chi connectivity index (χ4n) is 3.45. The molecule has 27 heavy (non-hydrogen) atoms. The highest BCUT2D eigenvalue weighted by atomic mass is 32.1. The zero-order valence-corrected chi connectivity index (χ0v) is 16.1. The lowest BCUT2D eigenvalue weighted by Gasteiger charge is -2.32. The van der Waals surface area contributed by atoms with Gasteiger partial charge in [-0.25, -0.2) is 4.39 Å². The molecule has 0 spiro atoms. The molecule has 1 aliphatic heterocycles. The lowest BCUT2D eigenvalue weighted by atomic mass is 9.96. The van der Waals surface area contributed by atoms with Gasteiger partial charge in [0.15, 0.2) is 4.77 Å². The molecule has 1 saturated heterocycles. The number of halogens is 1. The van der Waals surface area contributed by atoms with Crippen LogP contribution in [0.4, 0.5) is 10.1 Å². The highest BCUT2D eigenvalue weighted by Gasteiger charge is 2.28. The van der Waals surface area contributed by atoms with Crippen LogP contribution in [0.2, 0.25) is 0 Å². The Morgan fingerprint density at radius 3 is 2.93 bits per heavy atom. The number of carbonyl (C=O) groups excluding carboxylic acids is 2. The number of carbonyl (C=O) groups is 2. The Labute approximate surface area is 161 Å². The minimum atomic E-state index is -0.572. The van der Waals surface area contributed by atoms with Crippen molar-refractivity contribution >= 4 is 29.7 Å². The molecule has 1 aromatic carbocycles. The SMILES string of the molecule is CCn1c(C2CCCN(C(=O)c3ccc(F)c(NC(C)=O)c3)C2)n[nH]c1=S. The molecule has 1 aromatic heterocycles. The van der Waals surface area contributed by atoms with Crippen molar-refractivity contribution in [3.63, 3.8) is 0 Å². The number of anilines is 1. The van der Waals surface area contributed by atoms with Crippen LogP contribution in [-0.4, -0.2) is 44.6 Å². The Morgan fingerprint density at radius 1 is 1.44 bits per heavy atom. The number of nitrogens with one attached hydrogen (secondary N) is 2. The fourth-order valence-corrected chi connectivity index (χ4v) is 3.71. The quantitative estimate of drug-likeness (QED) is 0.785. The Kier molecular flexibility index (Phi) is 5.69. The minimum absolute atomic E-state index is 0.00813. The molecule has 9 heteroatoms. The number of rotatable bonds is 4. The van der Waals surface area contributed by atoms with Crippen LogP contribution in [-0.2, 0) is 11.3 Å². The first-order chi connectivity index (χ1) is 12.9. The van der Waals surface area contributed by atoms with Crippen molar-refractivity contribution in [2.75, 3.05) is 18.4 Å². The maximum absolute atomic E-state index is 13.8. The van der Waals surface area contributed by atoms with Crippen LogP contribution in [0.1, 0.15) is 48.8 Å². The summed E-state index contributed by atoms with van der Waals surface area (Å²) in [6.07, 6.45) is 1.77. The molecule has 7 nitrogen and oxygen atoms in total. The second-order valence-electron chi connectivity index (χ2n) is 6.60. The van der Waals surface area contributed by atoms with Gasteiger partial charge in [-0.1, -0.05) is 0 Å². The van der Waals surface area contributed by atoms with Gasteiger partial charge < -0.3 is 14.8 Å². The molecule has 0 aliphatic carbocycles. The first-order valence-corrected chi connectivity index (χ1v) is 9.33. The third kappa shape index (κ3) is 4.08. The van der Waals surface area contributed by atoms with Crippen LogP contribution in [0.25, 0.3) is 0 Å². The van der Waals surface area contributed by atoms with E-state index in [-0.39, 0.29) is 23.4 Å². The van der Waals surface area contributed by atoms with Crippen molar-refractivity contribution in [2.24, 2.45) is 0 Å². The molecular formula is C18H22FN5O2S. The normalized spacial score (nSPS) is 17.0. The molecule has 0 bridgehead atoms. The van der Waals surface area contributed by atoms with Crippen molar-refractivity contribution in [3.05, 3.63) is 40.2 Å². The van der Waals surface area contributed by atoms with Crippen LogP contribution in [0.15, 0.2) is 18.2 Å². The summed E-state index contributed by atoms with van der Waals surface area (Å²) in [5, 5.41) is 9.58. The molecule has 2 N–H and O–H groups in total. The summed E-state index contributed by atoms with van der Waals surface area (Å²) in [6.45, 7) is 5.16. The van der Waals surface area contributed by atoms with Gasteiger partial charge in [0.25, 0.3) is 5.91 Å². The van der Waals surface area contributed by atoms with E-state index in [0.717, 1.165) is 18.7 Å². The monoisotopic (exact) mass is 391 g/mol. The highest BCUT2D eigenvalue weighted by Crippen LogP contribution is 2.27. The third-order valence-corrected chi connectivity index (χ3v) is 5.01. The van der Waals surface area contributed by atoms with Crippen molar-refractivity contribution in [1.29, 1.82) is 0 Å². The van der Waals surface area contributed by atoms with E-state index in [2.05, 4.69) is 15.5 Å². The second kappa shape index (κ2) is 7.99. The summed E-state index contributed by atoms with van der Waals surface area (Å²) in [7, 11) is 0. The van der Waals surface area contributed by atoms with Crippen LogP contribution in [0.5, 0.6) is 0 Å². The lowest BCUT2D eigenvalue weighted by Crippen LogP contribution is -2.39. The Morgan fingerprint density at radius 2 is 2.22 bits per heavy atom. The van der Waals surface area contributed by atoms with E-state index in [0.29, 0.717) is 30.0 Å². The smallest absolute Gasteiger partial charge is 0.253 e. The molecule has 3 rings (SSSR count). The largest absolute Gasteiger partial charge is 0.338 e. The predicted octanol–water partition coefficient (Wildman–Crippen LogP) is 3.08. The Balaban J connectivity index is 1.81. The van der Waals surface area contributed by atoms with Crippen LogP contribution < -0.4 is 5.32 Å². The van der Waals surface area contributed by atoms with Crippen molar-refractivity contribution < 1.29 is 14.0 Å². The van der Waals surface area contributed by atoms with Gasteiger partial charge in [-0.05, 0) is 50.2 Å². The number of hydrogen-bond acceptors (Lipinski definition) is 4. The number of aromatic nitrogens is 3. The number of H-pyrrole nitrogens is 1. The fraction of sp³-hybridized carbons (Fsp3) is 0.444. The van der Waals surface area contributed by atoms with E-state index in [9.17, 15) is 14.0 Å². The summed E-state index contributed by atoms with van der Waals surface area (Å²) < 4.78 is 16.4. The molecule has 0 radical (unpaired) electrons. The first kappa shape index (κ1) is 19.2. The Hall–Kier alpha value is -2.55. The van der Waals surface area contributed by atoms with E-state index in [1.54, 1.807) is 4.90 Å². The second-order valence-corrected chi connectivity index (χ2v) is 6.98. The molecule has 0 saturated carbocycles. The number of nitrogens with zero attached hydrogens (tertiary/aromatic N) is 3. The topological polar surface area (TPSA) is 83.0 Å². The lowest BCUT2D eigenvalue weighted by molar-refractivity contribution is -0.114. The number of hydrogen-bond donors (Lipinski definition) is 2. The van der Waals surface area contributed by atoms with Gasteiger partial charge in [-0.2, -0.15) is 5.10 Å².